The van der Waals surface area contributed by atoms with E-state index in [9.17, 15) is 9.59 Å². The van der Waals surface area contributed by atoms with Gasteiger partial charge in [-0.1, -0.05) is 11.3 Å². The topological polar surface area (TPSA) is 79.1 Å². The monoisotopic (exact) mass is 320 g/mol. The van der Waals surface area contributed by atoms with Crippen LogP contribution in [-0.4, -0.2) is 29.3 Å². The standard InChI is InChI=1S/C14H12N2O5S/c1-3-20-14(18)21-10-7-15-13-16(12(10)17)9-5-4-8(19-2)6-11(9)22-13/h4-7H,3H2,1-2H3. The highest BCUT2D eigenvalue weighted by Gasteiger charge is 2.15. The van der Waals surface area contributed by atoms with Crippen molar-refractivity contribution in [3.8, 4) is 11.5 Å². The van der Waals surface area contributed by atoms with Crippen LogP contribution in [0.3, 0.4) is 0 Å². The second-order valence-electron chi connectivity index (χ2n) is 4.27. The number of aromatic nitrogens is 2. The van der Waals surface area contributed by atoms with E-state index in [1.807, 2.05) is 6.07 Å². The molecule has 0 aliphatic rings. The van der Waals surface area contributed by atoms with Crippen LogP contribution in [0.1, 0.15) is 6.92 Å². The van der Waals surface area contributed by atoms with E-state index in [0.717, 1.165) is 4.70 Å². The Morgan fingerprint density at radius 3 is 2.95 bits per heavy atom. The summed E-state index contributed by atoms with van der Waals surface area (Å²) in [5, 5.41) is 0. The van der Waals surface area contributed by atoms with Gasteiger partial charge >= 0.3 is 11.7 Å². The van der Waals surface area contributed by atoms with Crippen molar-refractivity contribution in [1.29, 1.82) is 0 Å². The van der Waals surface area contributed by atoms with Gasteiger partial charge < -0.3 is 14.2 Å². The fourth-order valence-corrected chi connectivity index (χ4v) is 3.02. The van der Waals surface area contributed by atoms with E-state index in [4.69, 9.17) is 9.47 Å². The first-order valence-corrected chi connectivity index (χ1v) is 7.28. The average molecular weight is 320 g/mol. The molecule has 3 aromatic rings. The van der Waals surface area contributed by atoms with Gasteiger partial charge in [-0.25, -0.2) is 14.2 Å². The summed E-state index contributed by atoms with van der Waals surface area (Å²) < 4.78 is 16.9. The minimum atomic E-state index is -0.928. The Morgan fingerprint density at radius 2 is 2.23 bits per heavy atom. The Kier molecular flexibility index (Phi) is 3.68. The highest BCUT2D eigenvalue weighted by Crippen LogP contribution is 2.28. The molecule has 2 heterocycles. The highest BCUT2D eigenvalue weighted by molar-refractivity contribution is 7.23. The lowest BCUT2D eigenvalue weighted by atomic mass is 10.3. The number of hydrogen-bond acceptors (Lipinski definition) is 7. The van der Waals surface area contributed by atoms with Gasteiger partial charge in [0, 0.05) is 0 Å². The number of fused-ring (bicyclic) bond motifs is 3. The van der Waals surface area contributed by atoms with Crippen molar-refractivity contribution in [3.63, 3.8) is 0 Å². The largest absolute Gasteiger partial charge is 0.514 e. The van der Waals surface area contributed by atoms with Crippen LogP contribution in [0.25, 0.3) is 15.2 Å². The minimum absolute atomic E-state index is 0.164. The predicted molar refractivity (Wildman–Crippen MR) is 81.0 cm³/mol. The molecular formula is C14H12N2O5S. The molecule has 3 rings (SSSR count). The summed E-state index contributed by atoms with van der Waals surface area (Å²) in [6.07, 6.45) is 0.295. The Morgan fingerprint density at radius 1 is 1.41 bits per heavy atom. The van der Waals surface area contributed by atoms with E-state index in [-0.39, 0.29) is 12.4 Å². The molecule has 0 unspecified atom stereocenters. The number of nitrogens with zero attached hydrogens (tertiary/aromatic N) is 2. The molecule has 0 atom stereocenters. The van der Waals surface area contributed by atoms with Crippen LogP contribution in [-0.2, 0) is 4.74 Å². The van der Waals surface area contributed by atoms with Crippen LogP contribution in [0, 0.1) is 0 Å². The third kappa shape index (κ3) is 2.37. The van der Waals surface area contributed by atoms with E-state index < -0.39 is 11.7 Å². The summed E-state index contributed by atoms with van der Waals surface area (Å²) in [5.41, 5.74) is 0.210. The molecule has 0 fully saturated rings. The summed E-state index contributed by atoms with van der Waals surface area (Å²) >= 11 is 1.34. The van der Waals surface area contributed by atoms with Gasteiger partial charge in [-0.05, 0) is 25.1 Å². The number of ether oxygens (including phenoxy) is 3. The van der Waals surface area contributed by atoms with Crippen molar-refractivity contribution < 1.29 is 19.0 Å². The highest BCUT2D eigenvalue weighted by atomic mass is 32.1. The number of methoxy groups -OCH3 is 1. The maximum absolute atomic E-state index is 12.5. The van der Waals surface area contributed by atoms with Crippen LogP contribution in [0.15, 0.2) is 29.2 Å². The van der Waals surface area contributed by atoms with E-state index >= 15 is 0 Å². The van der Waals surface area contributed by atoms with Crippen molar-refractivity contribution in [1.82, 2.24) is 9.38 Å². The molecule has 0 saturated carbocycles. The van der Waals surface area contributed by atoms with Gasteiger partial charge in [0.25, 0.3) is 0 Å². The Balaban J connectivity index is 2.15. The lowest BCUT2D eigenvalue weighted by Crippen LogP contribution is -2.20. The van der Waals surface area contributed by atoms with Crippen molar-refractivity contribution in [2.75, 3.05) is 13.7 Å². The fourth-order valence-electron chi connectivity index (χ4n) is 2.00. The third-order valence-corrected chi connectivity index (χ3v) is 3.98. The fraction of sp³-hybridized carbons (Fsp3) is 0.214. The Labute approximate surface area is 128 Å². The van der Waals surface area contributed by atoms with Crippen LogP contribution in [0.4, 0.5) is 4.79 Å². The van der Waals surface area contributed by atoms with Gasteiger partial charge in [0.2, 0.25) is 5.75 Å². The zero-order valence-electron chi connectivity index (χ0n) is 11.9. The number of rotatable bonds is 3. The lowest BCUT2D eigenvalue weighted by Gasteiger charge is -2.03. The van der Waals surface area contributed by atoms with Gasteiger partial charge in [-0.15, -0.1) is 0 Å². The number of benzene rings is 1. The summed E-state index contributed by atoms with van der Waals surface area (Å²) in [6, 6.07) is 5.33. The van der Waals surface area contributed by atoms with E-state index in [1.54, 1.807) is 26.2 Å². The summed E-state index contributed by atoms with van der Waals surface area (Å²) in [6.45, 7) is 1.81. The van der Waals surface area contributed by atoms with Gasteiger partial charge in [0.05, 0.1) is 30.1 Å². The van der Waals surface area contributed by atoms with Crippen LogP contribution in [0.2, 0.25) is 0 Å². The maximum atomic E-state index is 12.5. The zero-order chi connectivity index (χ0) is 15.7. The number of carbonyl (C=O) groups is 1. The summed E-state index contributed by atoms with van der Waals surface area (Å²) in [7, 11) is 1.57. The first kappa shape index (κ1) is 14.3. The molecular weight excluding hydrogens is 308 g/mol. The summed E-state index contributed by atoms with van der Waals surface area (Å²) in [5.74, 6) is 0.515. The predicted octanol–water partition coefficient (Wildman–Crippen LogP) is 2.45. The normalized spacial score (nSPS) is 10.8. The van der Waals surface area contributed by atoms with E-state index in [2.05, 4.69) is 9.72 Å². The molecule has 0 radical (unpaired) electrons. The molecule has 114 valence electrons. The molecule has 0 spiro atoms. The molecule has 0 bridgehead atoms. The summed E-state index contributed by atoms with van der Waals surface area (Å²) in [4.78, 5) is 28.5. The van der Waals surface area contributed by atoms with Crippen molar-refractivity contribution in [2.45, 2.75) is 6.92 Å². The van der Waals surface area contributed by atoms with E-state index in [0.29, 0.717) is 16.2 Å². The minimum Gasteiger partial charge on any atom is -0.497 e. The molecule has 7 nitrogen and oxygen atoms in total. The number of thiazole rings is 1. The number of hydrogen-bond donors (Lipinski definition) is 0. The van der Waals surface area contributed by atoms with Gasteiger partial charge in [-0.2, -0.15) is 0 Å². The van der Waals surface area contributed by atoms with Crippen molar-refractivity contribution in [3.05, 3.63) is 34.7 Å². The molecule has 0 amide bonds. The average Bonchev–Trinajstić information content (AvgIpc) is 2.88. The third-order valence-electron chi connectivity index (χ3n) is 2.96. The molecule has 0 N–H and O–H groups in total. The number of carbonyl (C=O) groups excluding carboxylic acids is 1. The van der Waals surface area contributed by atoms with Crippen molar-refractivity contribution in [2.24, 2.45) is 0 Å². The SMILES string of the molecule is CCOC(=O)Oc1cnc2sc3cc(OC)ccc3n2c1=O. The maximum Gasteiger partial charge on any atom is 0.514 e. The lowest BCUT2D eigenvalue weighted by molar-refractivity contribution is 0.103. The quantitative estimate of drug-likeness (QED) is 0.690. The van der Waals surface area contributed by atoms with Crippen LogP contribution < -0.4 is 15.0 Å². The molecule has 8 heteroatoms. The second kappa shape index (κ2) is 5.64. The molecule has 2 aromatic heterocycles. The Bertz CT molecular complexity index is 915. The smallest absolute Gasteiger partial charge is 0.497 e. The van der Waals surface area contributed by atoms with Crippen molar-refractivity contribution >= 4 is 32.7 Å². The molecule has 0 aliphatic heterocycles. The molecule has 1 aromatic carbocycles. The first-order chi connectivity index (χ1) is 10.6. The van der Waals surface area contributed by atoms with Gasteiger partial charge in [0.15, 0.2) is 4.96 Å². The molecule has 22 heavy (non-hydrogen) atoms. The Hall–Kier alpha value is -2.61. The molecule has 0 aliphatic carbocycles. The van der Waals surface area contributed by atoms with Gasteiger partial charge in [-0.3, -0.25) is 4.79 Å². The zero-order valence-corrected chi connectivity index (χ0v) is 12.7. The van der Waals surface area contributed by atoms with E-state index in [1.165, 1.54) is 21.9 Å². The van der Waals surface area contributed by atoms with Gasteiger partial charge in [0.1, 0.15) is 5.75 Å². The second-order valence-corrected chi connectivity index (χ2v) is 5.28. The van der Waals surface area contributed by atoms with Crippen LogP contribution in [0.5, 0.6) is 11.5 Å². The molecule has 0 saturated heterocycles. The first-order valence-electron chi connectivity index (χ1n) is 6.47. The van der Waals surface area contributed by atoms with Crippen LogP contribution >= 0.6 is 11.3 Å².